The van der Waals surface area contributed by atoms with Gasteiger partial charge in [-0.1, -0.05) is 36.4 Å². The lowest BCUT2D eigenvalue weighted by atomic mass is 10.0. The first kappa shape index (κ1) is 23.7. The Labute approximate surface area is 193 Å². The molecular formula is C26H27N3O4. The van der Waals surface area contributed by atoms with Crippen LogP contribution >= 0.6 is 0 Å². The minimum absolute atomic E-state index is 0.0537. The maximum Gasteiger partial charge on any atom is 0.303 e. The van der Waals surface area contributed by atoms with Crippen LogP contribution in [0.4, 0.5) is 5.69 Å². The van der Waals surface area contributed by atoms with Crippen LogP contribution < -0.4 is 5.32 Å². The number of aliphatic carboxylic acids is 1. The lowest BCUT2D eigenvalue weighted by Crippen LogP contribution is -2.24. The molecule has 2 N–H and O–H groups in total. The summed E-state index contributed by atoms with van der Waals surface area (Å²) in [6.45, 7) is 1.87. The first-order chi connectivity index (χ1) is 15.8. The van der Waals surface area contributed by atoms with Crippen LogP contribution in [0.25, 0.3) is 11.3 Å². The molecule has 0 bridgehead atoms. The number of carboxylic acid groups (broad SMARTS) is 1. The smallest absolute Gasteiger partial charge is 0.303 e. The Bertz CT molecular complexity index is 1170. The molecule has 0 saturated carbocycles. The molecule has 170 valence electrons. The highest BCUT2D eigenvalue weighted by Crippen LogP contribution is 2.25. The van der Waals surface area contributed by atoms with Crippen molar-refractivity contribution < 1.29 is 19.5 Å². The Morgan fingerprint density at radius 3 is 2.36 bits per heavy atom. The fourth-order valence-corrected chi connectivity index (χ4v) is 3.46. The number of aryl methyl sites for hydroxylation is 2. The minimum atomic E-state index is -0.857. The maximum atomic E-state index is 13.3. The largest absolute Gasteiger partial charge is 0.481 e. The van der Waals surface area contributed by atoms with E-state index in [1.54, 1.807) is 44.4 Å². The van der Waals surface area contributed by atoms with Gasteiger partial charge in [0.2, 0.25) is 0 Å². The number of hydrogen-bond donors (Lipinski definition) is 2. The van der Waals surface area contributed by atoms with E-state index in [4.69, 9.17) is 5.11 Å². The van der Waals surface area contributed by atoms with Crippen molar-refractivity contribution in [3.05, 3.63) is 83.0 Å². The molecule has 0 fully saturated rings. The van der Waals surface area contributed by atoms with E-state index in [9.17, 15) is 14.4 Å². The van der Waals surface area contributed by atoms with Crippen LogP contribution in [-0.2, 0) is 11.2 Å². The molecule has 0 spiro atoms. The Morgan fingerprint density at radius 1 is 0.970 bits per heavy atom. The summed E-state index contributed by atoms with van der Waals surface area (Å²) in [7, 11) is 3.28. The molecule has 7 nitrogen and oxygen atoms in total. The zero-order valence-corrected chi connectivity index (χ0v) is 19.0. The van der Waals surface area contributed by atoms with Crippen molar-refractivity contribution in [2.24, 2.45) is 0 Å². The number of amides is 2. The summed E-state index contributed by atoms with van der Waals surface area (Å²) >= 11 is 0. The second-order valence-corrected chi connectivity index (χ2v) is 8.00. The predicted octanol–water partition coefficient (Wildman–Crippen LogP) is 4.42. The molecule has 3 rings (SSSR count). The highest BCUT2D eigenvalue weighted by Gasteiger charge is 2.19. The average molecular weight is 446 g/mol. The van der Waals surface area contributed by atoms with Crippen LogP contribution in [0.2, 0.25) is 0 Å². The number of anilines is 1. The van der Waals surface area contributed by atoms with Crippen molar-refractivity contribution in [1.29, 1.82) is 0 Å². The SMILES string of the molecule is Cc1ccc(C(=O)Nc2ccc(CCCC(=O)O)cc2C(=O)N(C)C)c(-c2ccccc2)n1. The number of carboxylic acids is 1. The van der Waals surface area contributed by atoms with Gasteiger partial charge in [-0.3, -0.25) is 19.4 Å². The van der Waals surface area contributed by atoms with Gasteiger partial charge >= 0.3 is 5.97 Å². The van der Waals surface area contributed by atoms with E-state index < -0.39 is 5.97 Å². The number of carbonyl (C=O) groups is 3. The second kappa shape index (κ2) is 10.5. The number of aromatic nitrogens is 1. The molecule has 0 aliphatic carbocycles. The van der Waals surface area contributed by atoms with Gasteiger partial charge in [0.1, 0.15) is 0 Å². The number of nitrogens with one attached hydrogen (secondary N) is 1. The molecule has 0 aliphatic rings. The first-order valence-corrected chi connectivity index (χ1v) is 10.7. The van der Waals surface area contributed by atoms with Gasteiger partial charge in [0, 0.05) is 31.8 Å². The van der Waals surface area contributed by atoms with Gasteiger partial charge in [-0.25, -0.2) is 0 Å². The number of hydrogen-bond acceptors (Lipinski definition) is 4. The molecule has 33 heavy (non-hydrogen) atoms. The second-order valence-electron chi connectivity index (χ2n) is 8.00. The average Bonchev–Trinajstić information content (AvgIpc) is 2.79. The summed E-state index contributed by atoms with van der Waals surface area (Å²) in [6.07, 6.45) is 1.04. The third kappa shape index (κ3) is 6.04. The summed E-state index contributed by atoms with van der Waals surface area (Å²) in [4.78, 5) is 42.9. The topological polar surface area (TPSA) is 99.6 Å². The summed E-state index contributed by atoms with van der Waals surface area (Å²) < 4.78 is 0. The van der Waals surface area contributed by atoms with Gasteiger partial charge in [0.25, 0.3) is 11.8 Å². The molecule has 3 aromatic rings. The number of pyridine rings is 1. The summed E-state index contributed by atoms with van der Waals surface area (Å²) in [5.41, 5.74) is 4.16. The molecular weight excluding hydrogens is 418 g/mol. The number of benzene rings is 2. The molecule has 0 radical (unpaired) electrons. The molecule has 1 heterocycles. The van der Waals surface area contributed by atoms with E-state index in [0.717, 1.165) is 16.8 Å². The van der Waals surface area contributed by atoms with E-state index >= 15 is 0 Å². The highest BCUT2D eigenvalue weighted by molar-refractivity contribution is 6.11. The van der Waals surface area contributed by atoms with Crippen molar-refractivity contribution in [2.45, 2.75) is 26.2 Å². The highest BCUT2D eigenvalue weighted by atomic mass is 16.4. The van der Waals surface area contributed by atoms with Crippen molar-refractivity contribution in [2.75, 3.05) is 19.4 Å². The van der Waals surface area contributed by atoms with Crippen LogP contribution in [0.15, 0.2) is 60.7 Å². The van der Waals surface area contributed by atoms with E-state index in [1.165, 1.54) is 4.90 Å². The number of rotatable bonds is 8. The van der Waals surface area contributed by atoms with Crippen molar-refractivity contribution in [3.63, 3.8) is 0 Å². The van der Waals surface area contributed by atoms with Gasteiger partial charge in [0.15, 0.2) is 0 Å². The van der Waals surface area contributed by atoms with Crippen LogP contribution in [-0.4, -0.2) is 46.9 Å². The Kier molecular flexibility index (Phi) is 7.56. The fourth-order valence-electron chi connectivity index (χ4n) is 3.46. The van der Waals surface area contributed by atoms with E-state index in [2.05, 4.69) is 10.3 Å². The standard InChI is InChI=1S/C26H27N3O4/c1-17-12-14-20(24(27-17)19-9-5-4-6-10-19)25(32)28-22-15-13-18(8-7-11-23(30)31)16-21(22)26(33)29(2)3/h4-6,9-10,12-16H,7-8,11H2,1-3H3,(H,28,32)(H,30,31). The summed E-state index contributed by atoms with van der Waals surface area (Å²) in [6, 6.07) is 18.2. The van der Waals surface area contributed by atoms with Gasteiger partial charge in [-0.05, 0) is 49.6 Å². The van der Waals surface area contributed by atoms with Crippen LogP contribution in [0, 0.1) is 6.92 Å². The number of nitrogens with zero attached hydrogens (tertiary/aromatic N) is 2. The van der Waals surface area contributed by atoms with Gasteiger partial charge in [-0.15, -0.1) is 0 Å². The molecule has 0 atom stereocenters. The molecule has 0 saturated heterocycles. The summed E-state index contributed by atoms with van der Waals surface area (Å²) in [5, 5.41) is 11.7. The monoisotopic (exact) mass is 445 g/mol. The normalized spacial score (nSPS) is 10.5. The van der Waals surface area contributed by atoms with Crippen molar-refractivity contribution in [1.82, 2.24) is 9.88 Å². The number of carbonyl (C=O) groups excluding carboxylic acids is 2. The van der Waals surface area contributed by atoms with E-state index in [1.807, 2.05) is 37.3 Å². The fraction of sp³-hybridized carbons (Fsp3) is 0.231. The first-order valence-electron chi connectivity index (χ1n) is 10.7. The molecule has 7 heteroatoms. The van der Waals surface area contributed by atoms with Crippen molar-refractivity contribution >= 4 is 23.5 Å². The van der Waals surface area contributed by atoms with Gasteiger partial charge in [-0.2, -0.15) is 0 Å². The third-order valence-electron chi connectivity index (χ3n) is 5.15. The maximum absolute atomic E-state index is 13.3. The molecule has 0 aliphatic heterocycles. The molecule has 2 aromatic carbocycles. The molecule has 2 amide bonds. The lowest BCUT2D eigenvalue weighted by Gasteiger charge is -2.17. The zero-order chi connectivity index (χ0) is 24.0. The molecule has 0 unspecified atom stereocenters. The van der Waals surface area contributed by atoms with Crippen LogP contribution in [0.5, 0.6) is 0 Å². The zero-order valence-electron chi connectivity index (χ0n) is 19.0. The molecule has 1 aromatic heterocycles. The predicted molar refractivity (Wildman–Crippen MR) is 127 cm³/mol. The van der Waals surface area contributed by atoms with E-state index in [-0.39, 0.29) is 18.2 Å². The third-order valence-corrected chi connectivity index (χ3v) is 5.15. The Morgan fingerprint density at radius 2 is 1.70 bits per heavy atom. The van der Waals surface area contributed by atoms with Crippen molar-refractivity contribution in [3.8, 4) is 11.3 Å². The van der Waals surface area contributed by atoms with E-state index in [0.29, 0.717) is 35.3 Å². The Hall–Kier alpha value is -4.00. The minimum Gasteiger partial charge on any atom is -0.481 e. The lowest BCUT2D eigenvalue weighted by molar-refractivity contribution is -0.137. The quantitative estimate of drug-likeness (QED) is 0.535. The van der Waals surface area contributed by atoms with Crippen LogP contribution in [0.1, 0.15) is 44.8 Å². The van der Waals surface area contributed by atoms with Gasteiger partial charge < -0.3 is 15.3 Å². The summed E-state index contributed by atoms with van der Waals surface area (Å²) in [5.74, 6) is -1.48. The Balaban J connectivity index is 1.93. The van der Waals surface area contributed by atoms with Gasteiger partial charge in [0.05, 0.1) is 22.5 Å². The van der Waals surface area contributed by atoms with Crippen LogP contribution in [0.3, 0.4) is 0 Å².